The first-order chi connectivity index (χ1) is 21.5. The van der Waals surface area contributed by atoms with Gasteiger partial charge in [-0.2, -0.15) is 5.10 Å². The summed E-state index contributed by atoms with van der Waals surface area (Å²) in [6, 6.07) is 25.9. The summed E-state index contributed by atoms with van der Waals surface area (Å²) < 4.78 is 8.00. The highest BCUT2D eigenvalue weighted by Crippen LogP contribution is 2.35. The van der Waals surface area contributed by atoms with Crippen LogP contribution in [0.2, 0.25) is 0 Å². The van der Waals surface area contributed by atoms with Gasteiger partial charge in [0.2, 0.25) is 11.8 Å². The number of likely N-dealkylation sites (tertiary alicyclic amines) is 1. The molecule has 0 saturated carbocycles. The maximum Gasteiger partial charge on any atom is 0.234 e. The number of piperidine rings is 2. The van der Waals surface area contributed by atoms with E-state index in [-0.39, 0.29) is 23.8 Å². The summed E-state index contributed by atoms with van der Waals surface area (Å²) in [6.07, 6.45) is 4.26. The molecule has 222 valence electrons. The molecule has 3 aromatic carbocycles. The van der Waals surface area contributed by atoms with Crippen molar-refractivity contribution in [3.8, 4) is 22.8 Å². The highest BCUT2D eigenvalue weighted by molar-refractivity contribution is 6.01. The largest absolute Gasteiger partial charge is 0.457 e. The van der Waals surface area contributed by atoms with Crippen molar-refractivity contribution in [2.45, 2.75) is 44.2 Å². The van der Waals surface area contributed by atoms with Crippen molar-refractivity contribution in [3.63, 3.8) is 0 Å². The fourth-order valence-corrected chi connectivity index (χ4v) is 6.26. The summed E-state index contributed by atoms with van der Waals surface area (Å²) in [6.45, 7) is 2.59. The highest BCUT2D eigenvalue weighted by atomic mass is 16.5. The Morgan fingerprint density at radius 1 is 0.886 bits per heavy atom. The number of nitrogens with zero attached hydrogens (tertiary/aromatic N) is 5. The van der Waals surface area contributed by atoms with Gasteiger partial charge in [-0.3, -0.25) is 19.8 Å². The van der Waals surface area contributed by atoms with Crippen LogP contribution in [-0.4, -0.2) is 49.6 Å². The Bertz CT molecular complexity index is 1810. The molecule has 4 heterocycles. The fourth-order valence-electron chi connectivity index (χ4n) is 6.26. The smallest absolute Gasteiger partial charge is 0.234 e. The number of aromatic nitrogens is 4. The molecule has 2 aliphatic rings. The van der Waals surface area contributed by atoms with Crippen LogP contribution in [0.5, 0.6) is 11.5 Å². The van der Waals surface area contributed by atoms with Gasteiger partial charge >= 0.3 is 0 Å². The first kappa shape index (κ1) is 27.7. The van der Waals surface area contributed by atoms with Gasteiger partial charge in [0.05, 0.1) is 17.3 Å². The van der Waals surface area contributed by atoms with Crippen molar-refractivity contribution in [1.29, 1.82) is 0 Å². The molecule has 2 aliphatic heterocycles. The molecule has 1 atom stereocenters. The molecule has 0 bridgehead atoms. The number of nitrogens with one attached hydrogen (secondary N) is 1. The molecule has 3 N–H and O–H groups in total. The third-order valence-corrected chi connectivity index (χ3v) is 8.53. The Morgan fingerprint density at radius 2 is 1.66 bits per heavy atom. The number of nitrogens with two attached hydrogens (primary N) is 1. The number of hydrogen-bond donors (Lipinski definition) is 2. The number of hydrogen-bond acceptors (Lipinski definition) is 8. The van der Waals surface area contributed by atoms with Crippen molar-refractivity contribution in [2.75, 3.05) is 18.8 Å². The van der Waals surface area contributed by atoms with Crippen LogP contribution >= 0.6 is 0 Å². The number of para-hydroxylation sites is 1. The minimum atomic E-state index is -0.275. The van der Waals surface area contributed by atoms with Crippen LogP contribution in [0.3, 0.4) is 0 Å². The Labute approximate surface area is 254 Å². The summed E-state index contributed by atoms with van der Waals surface area (Å²) in [5.41, 5.74) is 10.9. The van der Waals surface area contributed by atoms with Crippen LogP contribution in [0.25, 0.3) is 22.3 Å². The van der Waals surface area contributed by atoms with Crippen LogP contribution in [0.1, 0.15) is 48.8 Å². The molecule has 0 aliphatic carbocycles. The normalized spacial score (nSPS) is 18.0. The Balaban J connectivity index is 1.06. The molecule has 2 saturated heterocycles. The second kappa shape index (κ2) is 11.9. The molecule has 0 radical (unpaired) electrons. The minimum absolute atomic E-state index is 0.173. The number of imide groups is 1. The minimum Gasteiger partial charge on any atom is -0.457 e. The van der Waals surface area contributed by atoms with Gasteiger partial charge in [-0.25, -0.2) is 14.6 Å². The average molecular weight is 588 g/mol. The van der Waals surface area contributed by atoms with E-state index in [4.69, 9.17) is 15.6 Å². The zero-order chi connectivity index (χ0) is 30.0. The first-order valence-corrected chi connectivity index (χ1v) is 15.0. The summed E-state index contributed by atoms with van der Waals surface area (Å²) in [7, 11) is 0. The molecular weight excluding hydrogens is 554 g/mol. The van der Waals surface area contributed by atoms with Crippen LogP contribution in [0, 0.1) is 0 Å². The van der Waals surface area contributed by atoms with Gasteiger partial charge in [0, 0.05) is 31.6 Å². The molecule has 2 aromatic heterocycles. The lowest BCUT2D eigenvalue weighted by molar-refractivity contribution is -0.134. The molecule has 2 amide bonds. The van der Waals surface area contributed by atoms with Crippen molar-refractivity contribution >= 4 is 28.7 Å². The Hall–Kier alpha value is -5.09. The van der Waals surface area contributed by atoms with Crippen LogP contribution in [0.4, 0.5) is 5.82 Å². The van der Waals surface area contributed by atoms with Gasteiger partial charge in [0.15, 0.2) is 5.65 Å². The highest BCUT2D eigenvalue weighted by Gasteiger charge is 2.29. The fraction of sp³-hybridized carbons (Fsp3) is 0.265. The standard InChI is InChI=1S/C34H33N7O3/c35-32-30-31(23-9-11-27(12-10-23)44-26-7-2-1-3-8-26)39-41(33(30)37-21-36-32)25-15-17-40(18-16-25)20-22-5-4-6-24(19-22)28-13-14-29(42)38-34(28)43/h1-12,19,21,25,28H,13-18,20H2,(H2,35,36,37)(H,38,42,43). The van der Waals surface area contributed by atoms with E-state index in [0.717, 1.165) is 77.4 Å². The number of ether oxygens (including phenoxy) is 1. The number of fused-ring (bicyclic) bond motifs is 1. The molecule has 10 heteroatoms. The van der Waals surface area contributed by atoms with E-state index in [1.165, 1.54) is 6.33 Å². The molecular formula is C34H33N7O3. The predicted molar refractivity (Wildman–Crippen MR) is 167 cm³/mol. The summed E-state index contributed by atoms with van der Waals surface area (Å²) in [4.78, 5) is 35.3. The van der Waals surface area contributed by atoms with Gasteiger partial charge in [-0.05, 0) is 66.8 Å². The Kier molecular flexibility index (Phi) is 7.49. The van der Waals surface area contributed by atoms with Gasteiger partial charge in [0.1, 0.15) is 29.3 Å². The van der Waals surface area contributed by atoms with Crippen LogP contribution in [-0.2, 0) is 16.1 Å². The second-order valence-electron chi connectivity index (χ2n) is 11.4. The van der Waals surface area contributed by atoms with E-state index in [9.17, 15) is 9.59 Å². The third-order valence-electron chi connectivity index (χ3n) is 8.53. The monoisotopic (exact) mass is 587 g/mol. The lowest BCUT2D eigenvalue weighted by atomic mass is 9.89. The first-order valence-electron chi connectivity index (χ1n) is 15.0. The lowest BCUT2D eigenvalue weighted by Gasteiger charge is -2.32. The number of carbonyl (C=O) groups is 2. The number of nitrogen functional groups attached to an aromatic ring is 1. The number of amides is 2. The molecule has 44 heavy (non-hydrogen) atoms. The van der Waals surface area contributed by atoms with E-state index in [2.05, 4.69) is 32.3 Å². The predicted octanol–water partition coefficient (Wildman–Crippen LogP) is 5.23. The van der Waals surface area contributed by atoms with Crippen LogP contribution < -0.4 is 15.8 Å². The van der Waals surface area contributed by atoms with Gasteiger partial charge < -0.3 is 10.5 Å². The van der Waals surface area contributed by atoms with Crippen LogP contribution in [0.15, 0.2) is 85.2 Å². The van der Waals surface area contributed by atoms with Crippen molar-refractivity contribution < 1.29 is 14.3 Å². The van der Waals surface area contributed by atoms with E-state index >= 15 is 0 Å². The SMILES string of the molecule is Nc1ncnc2c1c(-c1ccc(Oc3ccccc3)cc1)nn2C1CCN(Cc2cccc(C3CCC(=O)NC3=O)c2)CC1. The maximum atomic E-state index is 12.4. The molecule has 0 spiro atoms. The van der Waals surface area contributed by atoms with Crippen molar-refractivity contribution in [1.82, 2.24) is 30.0 Å². The lowest BCUT2D eigenvalue weighted by Crippen LogP contribution is -2.39. The average Bonchev–Trinajstić information content (AvgIpc) is 3.43. The molecule has 5 aromatic rings. The molecule has 10 nitrogen and oxygen atoms in total. The summed E-state index contributed by atoms with van der Waals surface area (Å²) in [5.74, 6) is 1.26. The van der Waals surface area contributed by atoms with Gasteiger partial charge in [0.25, 0.3) is 0 Å². The third kappa shape index (κ3) is 5.63. The zero-order valence-corrected chi connectivity index (χ0v) is 24.2. The van der Waals surface area contributed by atoms with E-state index in [1.807, 2.05) is 71.4 Å². The number of benzene rings is 3. The summed E-state index contributed by atoms with van der Waals surface area (Å²) in [5, 5.41) is 8.29. The number of rotatable bonds is 7. The second-order valence-corrected chi connectivity index (χ2v) is 11.4. The molecule has 7 rings (SSSR count). The van der Waals surface area contributed by atoms with E-state index in [0.29, 0.717) is 18.7 Å². The Morgan fingerprint density at radius 3 is 2.43 bits per heavy atom. The maximum absolute atomic E-state index is 12.4. The van der Waals surface area contributed by atoms with E-state index < -0.39 is 0 Å². The quantitative estimate of drug-likeness (QED) is 0.248. The summed E-state index contributed by atoms with van der Waals surface area (Å²) >= 11 is 0. The van der Waals surface area contributed by atoms with Gasteiger partial charge in [-0.15, -0.1) is 0 Å². The molecule has 2 fully saturated rings. The topological polar surface area (TPSA) is 128 Å². The number of anilines is 1. The van der Waals surface area contributed by atoms with Gasteiger partial charge in [-0.1, -0.05) is 42.5 Å². The van der Waals surface area contributed by atoms with Crippen molar-refractivity contribution in [3.05, 3.63) is 96.3 Å². The number of carbonyl (C=O) groups excluding carboxylic acids is 2. The molecule has 1 unspecified atom stereocenters. The van der Waals surface area contributed by atoms with Crippen molar-refractivity contribution in [2.24, 2.45) is 0 Å². The van der Waals surface area contributed by atoms with E-state index in [1.54, 1.807) is 0 Å². The zero-order valence-electron chi connectivity index (χ0n) is 24.2.